The maximum atomic E-state index is 11.5. The Morgan fingerprint density at radius 2 is 1.79 bits per heavy atom. The van der Waals surface area contributed by atoms with Crippen molar-refractivity contribution in [2.75, 3.05) is 13.1 Å². The van der Waals surface area contributed by atoms with Crippen molar-refractivity contribution in [2.45, 2.75) is 73.3 Å². The van der Waals surface area contributed by atoms with Gasteiger partial charge in [-0.2, -0.15) is 0 Å². The van der Waals surface area contributed by atoms with E-state index in [1.165, 1.54) is 21.6 Å². The molecule has 200 valence electrons. The molecule has 1 aliphatic rings. The van der Waals surface area contributed by atoms with Crippen LogP contribution in [-0.4, -0.2) is 39.2 Å². The fraction of sp³-hybridized carbons (Fsp3) is 0.406. The van der Waals surface area contributed by atoms with E-state index in [1.807, 2.05) is 13.0 Å². The maximum absolute atomic E-state index is 11.5. The summed E-state index contributed by atoms with van der Waals surface area (Å²) >= 11 is 0. The Hall–Kier alpha value is -3.67. The topological polar surface area (TPSA) is 75.5 Å². The number of nitrogens with zero attached hydrogens (tertiary/aromatic N) is 3. The number of benzene rings is 2. The van der Waals surface area contributed by atoms with E-state index in [1.54, 1.807) is 0 Å². The summed E-state index contributed by atoms with van der Waals surface area (Å²) in [5.41, 5.74) is 9.64. The number of ether oxygens (including phenoxy) is 1. The largest absolute Gasteiger partial charge is 0.488 e. The summed E-state index contributed by atoms with van der Waals surface area (Å²) < 4.78 is 6.41. The highest BCUT2D eigenvalue weighted by Gasteiger charge is 2.23. The van der Waals surface area contributed by atoms with Crippen LogP contribution in [-0.2, 0) is 19.4 Å². The second-order valence-corrected chi connectivity index (χ2v) is 10.3. The Kier molecular flexibility index (Phi) is 8.50. The first kappa shape index (κ1) is 27.4. The Bertz CT molecular complexity index is 1340. The first-order valence-electron chi connectivity index (χ1n) is 13.6. The van der Waals surface area contributed by atoms with Gasteiger partial charge in [-0.1, -0.05) is 64.1 Å². The van der Waals surface area contributed by atoms with Crippen molar-refractivity contribution in [1.29, 1.82) is 0 Å². The van der Waals surface area contributed by atoms with Crippen molar-refractivity contribution in [3.05, 3.63) is 81.7 Å². The zero-order chi connectivity index (χ0) is 27.4. The van der Waals surface area contributed by atoms with Gasteiger partial charge in [0.25, 0.3) is 0 Å². The normalized spacial score (nSPS) is 13.6. The predicted octanol–water partition coefficient (Wildman–Crippen LogP) is 7.35. The van der Waals surface area contributed by atoms with Gasteiger partial charge in [-0.15, -0.1) is 0 Å². The molecular formula is C32H39N3O3. The van der Waals surface area contributed by atoms with Crippen LogP contribution in [0.4, 0.5) is 4.79 Å². The molecule has 0 bridgehead atoms. The van der Waals surface area contributed by atoms with Crippen LogP contribution in [0, 0.1) is 13.8 Å². The van der Waals surface area contributed by atoms with E-state index in [4.69, 9.17) is 14.7 Å². The smallest absolute Gasteiger partial charge is 0.407 e. The second-order valence-electron chi connectivity index (χ2n) is 10.3. The van der Waals surface area contributed by atoms with E-state index in [-0.39, 0.29) is 0 Å². The van der Waals surface area contributed by atoms with E-state index in [0.29, 0.717) is 32.0 Å². The Labute approximate surface area is 226 Å². The molecular weight excluding hydrogens is 474 g/mol. The number of carbonyl (C=O) groups is 1. The lowest BCUT2D eigenvalue weighted by atomic mass is 9.95. The van der Waals surface area contributed by atoms with Gasteiger partial charge in [0, 0.05) is 29.9 Å². The highest BCUT2D eigenvalue weighted by molar-refractivity contribution is 5.73. The number of aromatic nitrogens is 2. The Morgan fingerprint density at radius 1 is 1.08 bits per heavy atom. The molecule has 6 heteroatoms. The molecule has 2 heterocycles. The average Bonchev–Trinajstić information content (AvgIpc) is 2.92. The maximum Gasteiger partial charge on any atom is 0.407 e. The molecule has 0 aliphatic carbocycles. The monoisotopic (exact) mass is 513 g/mol. The molecule has 0 saturated carbocycles. The SMILES string of the molecule is CCc1cccc(CC)c1-c1nc(C)c(COc2cc(C(C)C)ccc2C)c(C2=CCN(C(=O)O)CC2)n1. The van der Waals surface area contributed by atoms with Crippen molar-refractivity contribution in [1.82, 2.24) is 14.9 Å². The summed E-state index contributed by atoms with van der Waals surface area (Å²) in [4.78, 5) is 23.1. The van der Waals surface area contributed by atoms with Gasteiger partial charge >= 0.3 is 6.09 Å². The van der Waals surface area contributed by atoms with Gasteiger partial charge in [-0.3, -0.25) is 0 Å². The predicted molar refractivity (Wildman–Crippen MR) is 153 cm³/mol. The van der Waals surface area contributed by atoms with E-state index >= 15 is 0 Å². The summed E-state index contributed by atoms with van der Waals surface area (Å²) in [6.07, 6.45) is 3.49. The van der Waals surface area contributed by atoms with Crippen LogP contribution in [0.3, 0.4) is 0 Å². The van der Waals surface area contributed by atoms with Gasteiger partial charge in [0.15, 0.2) is 5.82 Å². The summed E-state index contributed by atoms with van der Waals surface area (Å²) in [6.45, 7) is 13.9. The van der Waals surface area contributed by atoms with Crippen molar-refractivity contribution in [3.8, 4) is 17.1 Å². The van der Waals surface area contributed by atoms with Crippen LogP contribution < -0.4 is 4.74 Å². The molecule has 3 aromatic rings. The highest BCUT2D eigenvalue weighted by atomic mass is 16.5. The van der Waals surface area contributed by atoms with E-state index < -0.39 is 6.09 Å². The molecule has 0 spiro atoms. The zero-order valence-electron chi connectivity index (χ0n) is 23.5. The summed E-state index contributed by atoms with van der Waals surface area (Å²) in [5, 5.41) is 9.45. The molecule has 0 fully saturated rings. The van der Waals surface area contributed by atoms with Crippen LogP contribution in [0.5, 0.6) is 5.75 Å². The van der Waals surface area contributed by atoms with Gasteiger partial charge < -0.3 is 14.7 Å². The van der Waals surface area contributed by atoms with Crippen molar-refractivity contribution in [3.63, 3.8) is 0 Å². The van der Waals surface area contributed by atoms with Crippen LogP contribution in [0.2, 0.25) is 0 Å². The third-order valence-corrected chi connectivity index (χ3v) is 7.47. The molecule has 6 nitrogen and oxygen atoms in total. The molecule has 0 saturated heterocycles. The van der Waals surface area contributed by atoms with Crippen molar-refractivity contribution < 1.29 is 14.6 Å². The van der Waals surface area contributed by atoms with Crippen LogP contribution >= 0.6 is 0 Å². The number of rotatable bonds is 8. The second kappa shape index (κ2) is 11.8. The van der Waals surface area contributed by atoms with E-state index in [0.717, 1.165) is 58.1 Å². The molecule has 0 unspecified atom stereocenters. The summed E-state index contributed by atoms with van der Waals surface area (Å²) in [5.74, 6) is 2.01. The molecule has 2 aromatic carbocycles. The van der Waals surface area contributed by atoms with Gasteiger partial charge in [0.2, 0.25) is 0 Å². The zero-order valence-corrected chi connectivity index (χ0v) is 23.5. The van der Waals surface area contributed by atoms with E-state index in [2.05, 4.69) is 71.0 Å². The van der Waals surface area contributed by atoms with Gasteiger partial charge in [0.05, 0.1) is 5.69 Å². The Morgan fingerprint density at radius 3 is 2.37 bits per heavy atom. The molecule has 1 aliphatic heterocycles. The standard InChI is InChI=1S/C32H39N3O3/c1-7-23-10-9-11-24(8-2)29(23)31-33-22(6)27(19-38-28-18-26(20(3)4)13-12-21(28)5)30(34-31)25-14-16-35(17-15-25)32(36)37/h9-14,18,20H,7-8,15-17,19H2,1-6H3,(H,36,37). The fourth-order valence-corrected chi connectivity index (χ4v) is 5.02. The average molecular weight is 514 g/mol. The molecule has 0 radical (unpaired) electrons. The molecule has 1 amide bonds. The van der Waals surface area contributed by atoms with Crippen LogP contribution in [0.25, 0.3) is 17.0 Å². The molecule has 0 atom stereocenters. The van der Waals surface area contributed by atoms with Gasteiger partial charge in [-0.25, -0.2) is 14.8 Å². The van der Waals surface area contributed by atoms with E-state index in [9.17, 15) is 9.90 Å². The third kappa shape index (κ3) is 5.74. The minimum Gasteiger partial charge on any atom is -0.488 e. The van der Waals surface area contributed by atoms with Crippen LogP contribution in [0.1, 0.15) is 79.2 Å². The van der Waals surface area contributed by atoms with Crippen molar-refractivity contribution in [2.24, 2.45) is 0 Å². The number of hydrogen-bond acceptors (Lipinski definition) is 4. The lowest BCUT2D eigenvalue weighted by molar-refractivity contribution is 0.150. The molecule has 1 N–H and O–H groups in total. The quantitative estimate of drug-likeness (QED) is 0.341. The highest BCUT2D eigenvalue weighted by Crippen LogP contribution is 2.33. The number of amides is 1. The molecule has 1 aromatic heterocycles. The fourth-order valence-electron chi connectivity index (χ4n) is 5.02. The number of carboxylic acid groups (broad SMARTS) is 1. The summed E-state index contributed by atoms with van der Waals surface area (Å²) in [7, 11) is 0. The summed E-state index contributed by atoms with van der Waals surface area (Å²) in [6, 6.07) is 12.8. The third-order valence-electron chi connectivity index (χ3n) is 7.47. The lowest BCUT2D eigenvalue weighted by Gasteiger charge is -2.25. The first-order chi connectivity index (χ1) is 18.2. The lowest BCUT2D eigenvalue weighted by Crippen LogP contribution is -2.33. The molecule has 4 rings (SSSR count). The minimum absolute atomic E-state index is 0.347. The number of hydrogen-bond donors (Lipinski definition) is 1. The van der Waals surface area contributed by atoms with Crippen LogP contribution in [0.15, 0.2) is 42.5 Å². The van der Waals surface area contributed by atoms with Gasteiger partial charge in [0.1, 0.15) is 12.4 Å². The molecule has 38 heavy (non-hydrogen) atoms. The first-order valence-corrected chi connectivity index (χ1v) is 13.6. The number of aryl methyl sites for hydroxylation is 4. The van der Waals surface area contributed by atoms with Crippen molar-refractivity contribution >= 4 is 11.7 Å². The minimum atomic E-state index is -0.895. The van der Waals surface area contributed by atoms with Gasteiger partial charge in [-0.05, 0) is 72.9 Å². The Balaban J connectivity index is 1.80.